The van der Waals surface area contributed by atoms with E-state index in [1.807, 2.05) is 91.0 Å². The maximum absolute atomic E-state index is 15.2. The highest BCUT2D eigenvalue weighted by molar-refractivity contribution is 8.02. The highest BCUT2D eigenvalue weighted by Gasteiger charge is 2.24. The minimum atomic E-state index is -0.935. The van der Waals surface area contributed by atoms with E-state index >= 15 is 4.39 Å². The second-order valence-corrected chi connectivity index (χ2v) is 10.7. The molecule has 0 unspecified atom stereocenters. The zero-order chi connectivity index (χ0) is 24.2. The van der Waals surface area contributed by atoms with Crippen molar-refractivity contribution >= 4 is 46.2 Å². The first-order chi connectivity index (χ1) is 17.1. The van der Waals surface area contributed by atoms with Crippen LogP contribution in [0.3, 0.4) is 0 Å². The van der Waals surface area contributed by atoms with Crippen molar-refractivity contribution in [3.8, 4) is 5.75 Å². The van der Waals surface area contributed by atoms with E-state index in [1.54, 1.807) is 7.11 Å². The number of hydrogen-bond donors (Lipinski definition) is 0. The highest BCUT2D eigenvalue weighted by Crippen LogP contribution is 2.48. The van der Waals surface area contributed by atoms with Gasteiger partial charge in [-0.2, -0.15) is 0 Å². The summed E-state index contributed by atoms with van der Waals surface area (Å²) >= 11 is 4.11. The molecule has 174 valence electrons. The van der Waals surface area contributed by atoms with Gasteiger partial charge in [0.2, 0.25) is 0 Å². The summed E-state index contributed by atoms with van der Waals surface area (Å²) < 4.78 is 35.9. The van der Waals surface area contributed by atoms with Crippen molar-refractivity contribution in [1.82, 2.24) is 4.98 Å². The Bertz CT molecular complexity index is 1470. The molecule has 0 fully saturated rings. The molecule has 5 aromatic rings. The monoisotopic (exact) mass is 519 g/mol. The molecule has 0 bridgehead atoms. The minimum absolute atomic E-state index is 0.135. The molecule has 7 heteroatoms. The van der Waals surface area contributed by atoms with E-state index < -0.39 is 11.6 Å². The molecule has 0 aliphatic rings. The van der Waals surface area contributed by atoms with Crippen LogP contribution in [0.5, 0.6) is 5.75 Å². The average Bonchev–Trinajstić information content (AvgIpc) is 2.89. The zero-order valence-corrected chi connectivity index (χ0v) is 21.0. The first-order valence-corrected chi connectivity index (χ1v) is 13.2. The maximum Gasteiger partial charge on any atom is 0.174 e. The van der Waals surface area contributed by atoms with Crippen molar-refractivity contribution in [3.63, 3.8) is 0 Å². The Morgan fingerprint density at radius 2 is 1.14 bits per heavy atom. The van der Waals surface area contributed by atoms with Crippen LogP contribution in [-0.4, -0.2) is 12.1 Å². The van der Waals surface area contributed by atoms with Crippen molar-refractivity contribution in [3.05, 3.63) is 109 Å². The zero-order valence-electron chi connectivity index (χ0n) is 18.6. The molecule has 0 spiro atoms. The largest absolute Gasteiger partial charge is 0.495 e. The third kappa shape index (κ3) is 5.17. The summed E-state index contributed by atoms with van der Waals surface area (Å²) in [5.74, 6) is -1.38. The second kappa shape index (κ2) is 10.7. The van der Waals surface area contributed by atoms with Gasteiger partial charge in [-0.05, 0) is 42.5 Å². The summed E-state index contributed by atoms with van der Waals surface area (Å²) in [4.78, 5) is 8.56. The lowest BCUT2D eigenvalue weighted by atomic mass is 10.2. The van der Waals surface area contributed by atoms with Gasteiger partial charge in [-0.1, -0.05) is 89.9 Å². The molecule has 0 amide bonds. The van der Waals surface area contributed by atoms with E-state index in [1.165, 1.54) is 29.6 Å². The summed E-state index contributed by atoms with van der Waals surface area (Å²) in [6.45, 7) is 0. The molecule has 0 N–H and O–H groups in total. The van der Waals surface area contributed by atoms with Gasteiger partial charge in [-0.3, -0.25) is 0 Å². The van der Waals surface area contributed by atoms with E-state index in [-0.39, 0.29) is 4.90 Å². The van der Waals surface area contributed by atoms with Crippen LogP contribution >= 0.6 is 35.3 Å². The molecular formula is C28H19F2NOS3. The van der Waals surface area contributed by atoms with Gasteiger partial charge in [-0.25, -0.2) is 13.8 Å². The molecule has 1 aromatic heterocycles. The fourth-order valence-electron chi connectivity index (χ4n) is 3.52. The number of benzene rings is 4. The van der Waals surface area contributed by atoms with Gasteiger partial charge in [0.15, 0.2) is 11.6 Å². The van der Waals surface area contributed by atoms with Crippen LogP contribution in [0, 0.1) is 11.6 Å². The van der Waals surface area contributed by atoms with Crippen LogP contribution in [0.15, 0.2) is 127 Å². The summed E-state index contributed by atoms with van der Waals surface area (Å²) in [6, 6.07) is 30.2. The lowest BCUT2D eigenvalue weighted by Gasteiger charge is -2.18. The number of halogens is 2. The van der Waals surface area contributed by atoms with E-state index in [0.29, 0.717) is 21.7 Å². The van der Waals surface area contributed by atoms with Gasteiger partial charge < -0.3 is 4.74 Å². The summed E-state index contributed by atoms with van der Waals surface area (Å²) in [5, 5.41) is 1.09. The van der Waals surface area contributed by atoms with Crippen LogP contribution in [0.2, 0.25) is 0 Å². The predicted octanol–water partition coefficient (Wildman–Crippen LogP) is 8.98. The molecule has 0 saturated heterocycles. The number of pyridine rings is 1. The number of aromatic nitrogens is 1. The van der Waals surface area contributed by atoms with Gasteiger partial charge in [0.25, 0.3) is 0 Å². The van der Waals surface area contributed by atoms with Gasteiger partial charge >= 0.3 is 0 Å². The van der Waals surface area contributed by atoms with Crippen LogP contribution in [0.25, 0.3) is 10.9 Å². The maximum atomic E-state index is 15.2. The van der Waals surface area contributed by atoms with Gasteiger partial charge in [0.05, 0.1) is 22.4 Å². The molecular weight excluding hydrogens is 501 g/mol. The Kier molecular flexibility index (Phi) is 7.27. The quantitative estimate of drug-likeness (QED) is 0.213. The third-order valence-electron chi connectivity index (χ3n) is 5.10. The smallest absolute Gasteiger partial charge is 0.174 e. The lowest BCUT2D eigenvalue weighted by molar-refractivity contribution is 0.406. The fourth-order valence-corrected chi connectivity index (χ4v) is 6.52. The van der Waals surface area contributed by atoms with E-state index in [4.69, 9.17) is 9.72 Å². The van der Waals surface area contributed by atoms with E-state index in [2.05, 4.69) is 0 Å². The summed E-state index contributed by atoms with van der Waals surface area (Å²) in [6.07, 6.45) is 0. The van der Waals surface area contributed by atoms with E-state index in [9.17, 15) is 4.39 Å². The molecule has 0 radical (unpaired) electrons. The average molecular weight is 520 g/mol. The Hall–Kier alpha value is -3.00. The minimum Gasteiger partial charge on any atom is -0.495 e. The molecule has 2 nitrogen and oxygen atoms in total. The number of fused-ring (bicyclic) bond motifs is 1. The topological polar surface area (TPSA) is 22.1 Å². The molecule has 0 aliphatic carbocycles. The van der Waals surface area contributed by atoms with Gasteiger partial charge in [0.1, 0.15) is 10.8 Å². The molecule has 5 rings (SSSR count). The normalized spacial score (nSPS) is 11.1. The van der Waals surface area contributed by atoms with Crippen molar-refractivity contribution in [1.29, 1.82) is 0 Å². The molecule has 4 aromatic carbocycles. The lowest BCUT2D eigenvalue weighted by Crippen LogP contribution is -1.99. The van der Waals surface area contributed by atoms with E-state index in [0.717, 1.165) is 31.3 Å². The Balaban J connectivity index is 1.75. The number of rotatable bonds is 7. The standard InChI is InChI=1S/C28H19F2NOS3/c1-32-25-21-17-22(29)23(30)26(33-18-11-5-2-6-12-18)24(21)31-28(35-20-15-9-4-10-16-20)27(25)34-19-13-7-3-8-14-19/h2-17H,1H3. The van der Waals surface area contributed by atoms with Crippen molar-refractivity contribution in [2.75, 3.05) is 7.11 Å². The number of ether oxygens (including phenoxy) is 1. The fraction of sp³-hybridized carbons (Fsp3) is 0.0357. The van der Waals surface area contributed by atoms with Gasteiger partial charge in [-0.15, -0.1) is 0 Å². The molecule has 0 aliphatic heterocycles. The SMILES string of the molecule is COc1c(Sc2ccccc2)c(Sc2ccccc2)nc2c(Sc3ccccc3)c(F)c(F)cc12. The van der Waals surface area contributed by atoms with Crippen LogP contribution < -0.4 is 4.74 Å². The second-order valence-electron chi connectivity index (χ2n) is 7.42. The molecule has 35 heavy (non-hydrogen) atoms. The van der Waals surface area contributed by atoms with Crippen molar-refractivity contribution in [2.45, 2.75) is 29.5 Å². The highest BCUT2D eigenvalue weighted by atomic mass is 32.2. The number of hydrogen-bond acceptors (Lipinski definition) is 5. The number of methoxy groups -OCH3 is 1. The predicted molar refractivity (Wildman–Crippen MR) is 140 cm³/mol. The Labute approximate surface area is 215 Å². The number of nitrogens with zero attached hydrogens (tertiary/aromatic N) is 1. The molecule has 0 atom stereocenters. The molecule has 1 heterocycles. The van der Waals surface area contributed by atoms with Crippen LogP contribution in [-0.2, 0) is 0 Å². The van der Waals surface area contributed by atoms with Crippen molar-refractivity contribution < 1.29 is 13.5 Å². The van der Waals surface area contributed by atoms with Gasteiger partial charge in [0, 0.05) is 20.1 Å². The van der Waals surface area contributed by atoms with Crippen LogP contribution in [0.4, 0.5) is 8.78 Å². The Morgan fingerprint density at radius 1 is 0.657 bits per heavy atom. The molecule has 0 saturated carbocycles. The first kappa shape index (κ1) is 23.7. The third-order valence-corrected chi connectivity index (χ3v) is 8.40. The van der Waals surface area contributed by atoms with Crippen molar-refractivity contribution in [2.24, 2.45) is 0 Å². The first-order valence-electron chi connectivity index (χ1n) is 10.7. The van der Waals surface area contributed by atoms with Crippen LogP contribution in [0.1, 0.15) is 0 Å². The summed E-state index contributed by atoms with van der Waals surface area (Å²) in [5.41, 5.74) is 0.366. The summed E-state index contributed by atoms with van der Waals surface area (Å²) in [7, 11) is 1.55. The Morgan fingerprint density at radius 3 is 1.66 bits per heavy atom.